The molecule has 1 aliphatic heterocycles. The molecule has 0 saturated carbocycles. The molecule has 11 heavy (non-hydrogen) atoms. The molecular weight excluding hydrogens is 156 g/mol. The number of nitrogens with one attached hydrogen (secondary N) is 1. The largest absolute Gasteiger partial charge is 0.502 e. The highest BCUT2D eigenvalue weighted by molar-refractivity contribution is 7.83. The van der Waals surface area contributed by atoms with Gasteiger partial charge in [0.25, 0.3) is 0 Å². The molecule has 0 bridgehead atoms. The molecule has 0 saturated heterocycles. The van der Waals surface area contributed by atoms with Gasteiger partial charge in [-0.3, -0.25) is 0 Å². The van der Waals surface area contributed by atoms with Crippen molar-refractivity contribution in [2.24, 2.45) is 0 Å². The van der Waals surface area contributed by atoms with E-state index in [1.807, 2.05) is 30.1 Å². The first-order chi connectivity index (χ1) is 5.29. The lowest BCUT2D eigenvalue weighted by Crippen LogP contribution is -2.17. The molecule has 0 radical (unpaired) electrons. The zero-order chi connectivity index (χ0) is 7.84. The minimum absolute atomic E-state index is 0.881. The maximum absolute atomic E-state index is 4.26. The summed E-state index contributed by atoms with van der Waals surface area (Å²) in [7, 11) is 1.99. The number of para-hydroxylation sites is 2. The standard InChI is InChI=1S/C8H9N2S/c1-10-7-5-3-2-4-6(7)9-8(10)11/h2-5,9,11H,1H3/q-1. The van der Waals surface area contributed by atoms with Gasteiger partial charge in [0.2, 0.25) is 0 Å². The lowest BCUT2D eigenvalue weighted by Gasteiger charge is -2.30. The molecule has 0 unspecified atom stereocenters. The Bertz CT molecular complexity index is 275. The quantitative estimate of drug-likeness (QED) is 0.451. The SMILES string of the molecule is CN1c2ccccc2N[C-]1S. The molecule has 1 aliphatic rings. The summed E-state index contributed by atoms with van der Waals surface area (Å²) < 4.78 is 0. The third-order valence-electron chi connectivity index (χ3n) is 1.83. The summed E-state index contributed by atoms with van der Waals surface area (Å²) in [5, 5.41) is 3.15. The van der Waals surface area contributed by atoms with Crippen molar-refractivity contribution in [2.75, 3.05) is 17.3 Å². The van der Waals surface area contributed by atoms with E-state index in [4.69, 9.17) is 0 Å². The molecule has 1 heterocycles. The van der Waals surface area contributed by atoms with Crippen molar-refractivity contribution in [3.8, 4) is 0 Å². The molecule has 1 aromatic carbocycles. The van der Waals surface area contributed by atoms with E-state index in [9.17, 15) is 0 Å². The number of benzene rings is 1. The maximum atomic E-state index is 4.26. The molecule has 2 rings (SSSR count). The van der Waals surface area contributed by atoms with Crippen LogP contribution in [0.5, 0.6) is 0 Å². The highest BCUT2D eigenvalue weighted by atomic mass is 32.1. The fraction of sp³-hybridized carbons (Fsp3) is 0.125. The van der Waals surface area contributed by atoms with Gasteiger partial charge in [0, 0.05) is 11.4 Å². The summed E-state index contributed by atoms with van der Waals surface area (Å²) in [4.78, 5) is 2.01. The Kier molecular flexibility index (Phi) is 1.46. The Hall–Kier alpha value is -0.830. The molecule has 0 atom stereocenters. The van der Waals surface area contributed by atoms with Gasteiger partial charge >= 0.3 is 0 Å². The lowest BCUT2D eigenvalue weighted by atomic mass is 10.3. The third-order valence-corrected chi connectivity index (χ3v) is 2.24. The second-order valence-electron chi connectivity index (χ2n) is 2.52. The van der Waals surface area contributed by atoms with Crippen LogP contribution in [0.3, 0.4) is 0 Å². The molecule has 2 nitrogen and oxygen atoms in total. The van der Waals surface area contributed by atoms with Crippen LogP contribution in [-0.2, 0) is 0 Å². The van der Waals surface area contributed by atoms with Crippen molar-refractivity contribution in [1.29, 1.82) is 0 Å². The lowest BCUT2D eigenvalue weighted by molar-refractivity contribution is 1.12. The van der Waals surface area contributed by atoms with Gasteiger partial charge in [-0.2, -0.15) is 0 Å². The molecule has 0 amide bonds. The monoisotopic (exact) mass is 165 g/mol. The van der Waals surface area contributed by atoms with Gasteiger partial charge in [-0.1, -0.05) is 17.6 Å². The van der Waals surface area contributed by atoms with Gasteiger partial charge in [0.1, 0.15) is 0 Å². The fourth-order valence-corrected chi connectivity index (χ4v) is 1.42. The van der Waals surface area contributed by atoms with Crippen LogP contribution in [0.4, 0.5) is 11.4 Å². The molecule has 3 heteroatoms. The highest BCUT2D eigenvalue weighted by Crippen LogP contribution is 2.37. The van der Waals surface area contributed by atoms with Crippen molar-refractivity contribution in [3.63, 3.8) is 0 Å². The van der Waals surface area contributed by atoms with Crippen molar-refractivity contribution in [2.45, 2.75) is 0 Å². The van der Waals surface area contributed by atoms with Gasteiger partial charge in [0.05, 0.1) is 0 Å². The average Bonchev–Trinajstić information content (AvgIpc) is 2.30. The predicted molar refractivity (Wildman–Crippen MR) is 50.7 cm³/mol. The first kappa shape index (κ1) is 6.85. The van der Waals surface area contributed by atoms with Crippen LogP contribution in [0.2, 0.25) is 0 Å². The van der Waals surface area contributed by atoms with Crippen LogP contribution < -0.4 is 10.2 Å². The number of fused-ring (bicyclic) bond motifs is 1. The van der Waals surface area contributed by atoms with E-state index in [1.165, 1.54) is 5.69 Å². The zero-order valence-corrected chi connectivity index (χ0v) is 7.10. The Labute approximate surface area is 71.6 Å². The van der Waals surface area contributed by atoms with Gasteiger partial charge in [-0.25, -0.2) is 0 Å². The summed E-state index contributed by atoms with van der Waals surface area (Å²) in [6.45, 7) is 0. The van der Waals surface area contributed by atoms with E-state index in [2.05, 4.69) is 24.0 Å². The maximum Gasteiger partial charge on any atom is 0.0305 e. The summed E-state index contributed by atoms with van der Waals surface area (Å²) >= 11 is 4.26. The van der Waals surface area contributed by atoms with E-state index in [0.29, 0.717) is 0 Å². The van der Waals surface area contributed by atoms with Crippen molar-refractivity contribution in [3.05, 3.63) is 29.8 Å². The van der Waals surface area contributed by atoms with E-state index in [-0.39, 0.29) is 0 Å². The minimum Gasteiger partial charge on any atom is -0.502 e. The summed E-state index contributed by atoms with van der Waals surface area (Å²) in [5.41, 5.74) is 3.18. The summed E-state index contributed by atoms with van der Waals surface area (Å²) in [6, 6.07) is 8.12. The van der Waals surface area contributed by atoms with Crippen LogP contribution in [-0.4, -0.2) is 7.05 Å². The smallest absolute Gasteiger partial charge is 0.0305 e. The molecule has 58 valence electrons. The van der Waals surface area contributed by atoms with Crippen LogP contribution in [0.15, 0.2) is 24.3 Å². The number of hydrogen-bond acceptors (Lipinski definition) is 3. The van der Waals surface area contributed by atoms with Gasteiger partial charge in [0.15, 0.2) is 0 Å². The molecule has 0 aliphatic carbocycles. The highest BCUT2D eigenvalue weighted by Gasteiger charge is 2.10. The molecule has 0 spiro atoms. The predicted octanol–water partition coefficient (Wildman–Crippen LogP) is 1.93. The van der Waals surface area contributed by atoms with Crippen LogP contribution in [0, 0.1) is 5.50 Å². The Balaban J connectivity index is 2.47. The number of hydrogen-bond donors (Lipinski definition) is 2. The van der Waals surface area contributed by atoms with Crippen LogP contribution in [0.1, 0.15) is 0 Å². The van der Waals surface area contributed by atoms with Crippen LogP contribution >= 0.6 is 12.6 Å². The molecule has 1 aromatic rings. The van der Waals surface area contributed by atoms with Crippen LogP contribution in [0.25, 0.3) is 0 Å². The van der Waals surface area contributed by atoms with Gasteiger partial charge in [-0.05, 0) is 19.2 Å². The Morgan fingerprint density at radius 3 is 2.91 bits per heavy atom. The second kappa shape index (κ2) is 2.34. The van der Waals surface area contributed by atoms with Crippen molar-refractivity contribution < 1.29 is 0 Å². The number of nitrogens with zero attached hydrogens (tertiary/aromatic N) is 1. The van der Waals surface area contributed by atoms with E-state index in [0.717, 1.165) is 11.2 Å². The molecule has 1 N–H and O–H groups in total. The number of anilines is 2. The Morgan fingerprint density at radius 1 is 1.45 bits per heavy atom. The van der Waals surface area contributed by atoms with Gasteiger partial charge < -0.3 is 22.8 Å². The summed E-state index contributed by atoms with van der Waals surface area (Å²) in [6.07, 6.45) is 0. The van der Waals surface area contributed by atoms with Crippen molar-refractivity contribution in [1.82, 2.24) is 0 Å². The van der Waals surface area contributed by atoms with Gasteiger partial charge in [-0.15, -0.1) is 0 Å². The second-order valence-corrected chi connectivity index (χ2v) is 2.95. The number of thiol groups is 1. The fourth-order valence-electron chi connectivity index (χ4n) is 1.19. The molecular formula is C8H9N2S-. The minimum atomic E-state index is 0.881. The van der Waals surface area contributed by atoms with Crippen molar-refractivity contribution >= 4 is 24.0 Å². The zero-order valence-electron chi connectivity index (χ0n) is 6.20. The third kappa shape index (κ3) is 0.959. The molecule has 0 fully saturated rings. The van der Waals surface area contributed by atoms with E-state index >= 15 is 0 Å². The number of rotatable bonds is 0. The summed E-state index contributed by atoms with van der Waals surface area (Å²) in [5.74, 6) is 0. The Morgan fingerprint density at radius 2 is 2.18 bits per heavy atom. The topological polar surface area (TPSA) is 15.3 Å². The van der Waals surface area contributed by atoms with E-state index in [1.54, 1.807) is 0 Å². The first-order valence-electron chi connectivity index (χ1n) is 3.45. The average molecular weight is 165 g/mol. The first-order valence-corrected chi connectivity index (χ1v) is 3.89. The van der Waals surface area contributed by atoms with E-state index < -0.39 is 0 Å². The molecule has 0 aromatic heterocycles. The normalized spacial score (nSPS) is 16.4.